The van der Waals surface area contributed by atoms with Gasteiger partial charge in [0.05, 0.1) is 14.2 Å². The van der Waals surface area contributed by atoms with Gasteiger partial charge in [0.15, 0.2) is 11.5 Å². The molecule has 0 amide bonds. The van der Waals surface area contributed by atoms with Crippen LogP contribution in [0.15, 0.2) is 24.3 Å². The quantitative estimate of drug-likeness (QED) is 0.779. The SMILES string of the molecule is CCCNc1nc(C)cc(NCc2ccc(OC)c(OC)c2)n1. The summed E-state index contributed by atoms with van der Waals surface area (Å²) in [6.07, 6.45) is 1.03. The molecule has 1 heterocycles. The fraction of sp³-hybridized carbons (Fsp3) is 0.412. The lowest BCUT2D eigenvalue weighted by Crippen LogP contribution is -2.08. The van der Waals surface area contributed by atoms with E-state index in [-0.39, 0.29) is 0 Å². The van der Waals surface area contributed by atoms with Crippen molar-refractivity contribution in [2.45, 2.75) is 26.8 Å². The van der Waals surface area contributed by atoms with Gasteiger partial charge in [-0.2, -0.15) is 4.98 Å². The molecule has 2 rings (SSSR count). The smallest absolute Gasteiger partial charge is 0.224 e. The van der Waals surface area contributed by atoms with Crippen LogP contribution in [0, 0.1) is 6.92 Å². The first-order chi connectivity index (χ1) is 11.2. The second kappa shape index (κ2) is 8.22. The number of nitrogens with zero attached hydrogens (tertiary/aromatic N) is 2. The zero-order chi connectivity index (χ0) is 16.7. The maximum absolute atomic E-state index is 5.32. The Morgan fingerprint density at radius 3 is 2.48 bits per heavy atom. The lowest BCUT2D eigenvalue weighted by Gasteiger charge is -2.12. The molecule has 2 aromatic rings. The second-order valence-electron chi connectivity index (χ2n) is 5.19. The molecule has 0 saturated carbocycles. The molecule has 0 unspecified atom stereocenters. The minimum atomic E-state index is 0.643. The van der Waals surface area contributed by atoms with Gasteiger partial charge in [0, 0.05) is 24.8 Å². The van der Waals surface area contributed by atoms with Crippen LogP contribution in [-0.4, -0.2) is 30.7 Å². The van der Waals surface area contributed by atoms with Gasteiger partial charge in [-0.25, -0.2) is 4.98 Å². The third-order valence-electron chi connectivity index (χ3n) is 3.31. The maximum atomic E-state index is 5.32. The first-order valence-corrected chi connectivity index (χ1v) is 7.70. The van der Waals surface area contributed by atoms with Crippen molar-refractivity contribution >= 4 is 11.8 Å². The van der Waals surface area contributed by atoms with Gasteiger partial charge in [-0.3, -0.25) is 0 Å². The van der Waals surface area contributed by atoms with Crippen molar-refractivity contribution < 1.29 is 9.47 Å². The highest BCUT2D eigenvalue weighted by Gasteiger charge is 2.06. The highest BCUT2D eigenvalue weighted by Crippen LogP contribution is 2.27. The predicted octanol–water partition coefficient (Wildman–Crippen LogP) is 3.24. The van der Waals surface area contributed by atoms with E-state index in [0.717, 1.165) is 41.5 Å². The maximum Gasteiger partial charge on any atom is 0.224 e. The highest BCUT2D eigenvalue weighted by atomic mass is 16.5. The number of anilines is 2. The number of rotatable bonds is 8. The first kappa shape index (κ1) is 16.9. The zero-order valence-electron chi connectivity index (χ0n) is 14.1. The zero-order valence-corrected chi connectivity index (χ0v) is 14.1. The van der Waals surface area contributed by atoms with Crippen molar-refractivity contribution in [1.29, 1.82) is 0 Å². The molecule has 0 fully saturated rings. The van der Waals surface area contributed by atoms with E-state index in [4.69, 9.17) is 9.47 Å². The Labute approximate surface area is 137 Å². The fourth-order valence-electron chi connectivity index (χ4n) is 2.16. The summed E-state index contributed by atoms with van der Waals surface area (Å²) in [5.74, 6) is 2.89. The molecule has 0 saturated heterocycles. The largest absolute Gasteiger partial charge is 0.493 e. The van der Waals surface area contributed by atoms with Gasteiger partial charge in [0.25, 0.3) is 0 Å². The Bertz CT molecular complexity index is 646. The predicted molar refractivity (Wildman–Crippen MR) is 92.4 cm³/mol. The van der Waals surface area contributed by atoms with Gasteiger partial charge in [-0.15, -0.1) is 0 Å². The van der Waals surface area contributed by atoms with Crippen molar-refractivity contribution in [3.63, 3.8) is 0 Å². The lowest BCUT2D eigenvalue weighted by molar-refractivity contribution is 0.354. The first-order valence-electron chi connectivity index (χ1n) is 7.70. The van der Waals surface area contributed by atoms with E-state index in [1.165, 1.54) is 0 Å². The van der Waals surface area contributed by atoms with Crippen molar-refractivity contribution in [3.05, 3.63) is 35.5 Å². The number of ether oxygens (including phenoxy) is 2. The molecule has 6 heteroatoms. The van der Waals surface area contributed by atoms with Crippen LogP contribution in [0.5, 0.6) is 11.5 Å². The lowest BCUT2D eigenvalue weighted by atomic mass is 10.2. The van der Waals surface area contributed by atoms with E-state index in [0.29, 0.717) is 12.5 Å². The van der Waals surface area contributed by atoms with Crippen LogP contribution in [0.3, 0.4) is 0 Å². The summed E-state index contributed by atoms with van der Waals surface area (Å²) in [5.41, 5.74) is 2.01. The summed E-state index contributed by atoms with van der Waals surface area (Å²) < 4.78 is 10.6. The summed E-state index contributed by atoms with van der Waals surface area (Å²) >= 11 is 0. The van der Waals surface area contributed by atoms with Crippen molar-refractivity contribution in [1.82, 2.24) is 9.97 Å². The van der Waals surface area contributed by atoms with Crippen LogP contribution in [0.1, 0.15) is 24.6 Å². The van der Waals surface area contributed by atoms with Crippen LogP contribution in [-0.2, 0) is 6.54 Å². The Morgan fingerprint density at radius 1 is 1.00 bits per heavy atom. The normalized spacial score (nSPS) is 10.3. The number of benzene rings is 1. The van der Waals surface area contributed by atoms with Crippen LogP contribution >= 0.6 is 0 Å². The Kier molecular flexibility index (Phi) is 6.02. The standard InChI is InChI=1S/C17H24N4O2/c1-5-8-18-17-20-12(2)9-16(21-17)19-11-13-6-7-14(22-3)15(10-13)23-4/h6-7,9-10H,5,8,11H2,1-4H3,(H2,18,19,20,21). The molecule has 0 aliphatic rings. The summed E-state index contributed by atoms with van der Waals surface area (Å²) in [5, 5.41) is 6.53. The van der Waals surface area contributed by atoms with Crippen LogP contribution in [0.25, 0.3) is 0 Å². The fourth-order valence-corrected chi connectivity index (χ4v) is 2.16. The third-order valence-corrected chi connectivity index (χ3v) is 3.31. The average Bonchev–Trinajstić information content (AvgIpc) is 2.57. The number of methoxy groups -OCH3 is 2. The van der Waals surface area contributed by atoms with E-state index >= 15 is 0 Å². The molecule has 1 aromatic carbocycles. The summed E-state index contributed by atoms with van der Waals surface area (Å²) in [6, 6.07) is 7.78. The molecule has 0 spiro atoms. The molecule has 0 aliphatic heterocycles. The van der Waals surface area contributed by atoms with E-state index in [1.54, 1.807) is 14.2 Å². The molecule has 6 nitrogen and oxygen atoms in total. The van der Waals surface area contributed by atoms with Crippen LogP contribution < -0.4 is 20.1 Å². The summed E-state index contributed by atoms with van der Waals surface area (Å²) in [4.78, 5) is 8.85. The van der Waals surface area contributed by atoms with Crippen LogP contribution in [0.4, 0.5) is 11.8 Å². The Balaban J connectivity index is 2.07. The molecule has 23 heavy (non-hydrogen) atoms. The minimum absolute atomic E-state index is 0.643. The molecule has 0 radical (unpaired) electrons. The molecule has 124 valence electrons. The highest BCUT2D eigenvalue weighted by molar-refractivity contribution is 5.46. The van der Waals surface area contributed by atoms with Gasteiger partial charge in [-0.05, 0) is 31.0 Å². The molecular formula is C17H24N4O2. The van der Waals surface area contributed by atoms with E-state index in [2.05, 4.69) is 27.5 Å². The van der Waals surface area contributed by atoms with Crippen molar-refractivity contribution in [2.24, 2.45) is 0 Å². The third kappa shape index (κ3) is 4.74. The summed E-state index contributed by atoms with van der Waals surface area (Å²) in [7, 11) is 3.26. The van der Waals surface area contributed by atoms with E-state index in [1.807, 2.05) is 31.2 Å². The Morgan fingerprint density at radius 2 is 1.78 bits per heavy atom. The number of hydrogen-bond acceptors (Lipinski definition) is 6. The van der Waals surface area contributed by atoms with Gasteiger partial charge in [-0.1, -0.05) is 13.0 Å². The molecule has 1 aromatic heterocycles. The number of aryl methyl sites for hydroxylation is 1. The number of hydrogen-bond donors (Lipinski definition) is 2. The average molecular weight is 316 g/mol. The summed E-state index contributed by atoms with van der Waals surface area (Å²) in [6.45, 7) is 5.57. The van der Waals surface area contributed by atoms with Crippen LogP contribution in [0.2, 0.25) is 0 Å². The monoisotopic (exact) mass is 316 g/mol. The van der Waals surface area contributed by atoms with Gasteiger partial charge < -0.3 is 20.1 Å². The Hall–Kier alpha value is -2.50. The molecule has 2 N–H and O–H groups in total. The van der Waals surface area contributed by atoms with Crippen molar-refractivity contribution in [2.75, 3.05) is 31.4 Å². The molecule has 0 atom stereocenters. The molecule has 0 bridgehead atoms. The number of aromatic nitrogens is 2. The minimum Gasteiger partial charge on any atom is -0.493 e. The number of nitrogens with one attached hydrogen (secondary N) is 2. The van der Waals surface area contributed by atoms with Gasteiger partial charge in [0.1, 0.15) is 5.82 Å². The van der Waals surface area contributed by atoms with Gasteiger partial charge in [0.2, 0.25) is 5.95 Å². The topological polar surface area (TPSA) is 68.3 Å². The molecule has 0 aliphatic carbocycles. The van der Waals surface area contributed by atoms with Gasteiger partial charge >= 0.3 is 0 Å². The van der Waals surface area contributed by atoms with E-state index in [9.17, 15) is 0 Å². The second-order valence-corrected chi connectivity index (χ2v) is 5.19. The molecular weight excluding hydrogens is 292 g/mol. The van der Waals surface area contributed by atoms with E-state index < -0.39 is 0 Å². The van der Waals surface area contributed by atoms with Crippen molar-refractivity contribution in [3.8, 4) is 11.5 Å².